The van der Waals surface area contributed by atoms with Gasteiger partial charge in [0.25, 0.3) is 7.82 Å². The molecule has 0 heterocycles. The Morgan fingerprint density at radius 2 is 0.663 bits per heavy atom. The number of phosphoric acid groups is 1. The van der Waals surface area contributed by atoms with Gasteiger partial charge in [-0.25, -0.2) is 0 Å². The fraction of sp³-hybridized carbons (Fsp3) is 0.789. The lowest BCUT2D eigenvalue weighted by molar-refractivity contribution is -0.870. The molecule has 0 fully saturated rings. The highest BCUT2D eigenvalue weighted by molar-refractivity contribution is 7.45. The Morgan fingerprint density at radius 3 is 0.988 bits per heavy atom. The molecule has 0 aromatic carbocycles. The van der Waals surface area contributed by atoms with Gasteiger partial charge < -0.3 is 27.9 Å². The molecule has 0 saturated carbocycles. The smallest absolute Gasteiger partial charge is 0.306 e. The first-order valence-electron chi connectivity index (χ1n) is 36.3. The van der Waals surface area contributed by atoms with E-state index >= 15 is 0 Å². The molecule has 0 rings (SSSR count). The van der Waals surface area contributed by atoms with Crippen molar-refractivity contribution in [3.63, 3.8) is 0 Å². The van der Waals surface area contributed by atoms with Gasteiger partial charge in [0.05, 0.1) is 27.7 Å². The zero-order valence-electron chi connectivity index (χ0n) is 57.0. The van der Waals surface area contributed by atoms with E-state index in [0.717, 1.165) is 77.0 Å². The Morgan fingerprint density at radius 1 is 0.372 bits per heavy atom. The highest BCUT2D eigenvalue weighted by atomic mass is 31.2. The number of phosphoric ester groups is 1. The van der Waals surface area contributed by atoms with Gasteiger partial charge in [0.1, 0.15) is 19.8 Å². The van der Waals surface area contributed by atoms with Crippen LogP contribution < -0.4 is 4.89 Å². The number of esters is 2. The first-order valence-corrected chi connectivity index (χ1v) is 37.8. The first kappa shape index (κ1) is 83.2. The summed E-state index contributed by atoms with van der Waals surface area (Å²) < 4.78 is 34.3. The van der Waals surface area contributed by atoms with Gasteiger partial charge in [0.2, 0.25) is 0 Å². The molecular weight excluding hydrogens is 1090 g/mol. The maximum absolute atomic E-state index is 12.9. The molecule has 0 aliphatic heterocycles. The molecule has 10 heteroatoms. The molecule has 0 spiro atoms. The second-order valence-corrected chi connectivity index (χ2v) is 27.0. The lowest BCUT2D eigenvalue weighted by Crippen LogP contribution is -2.37. The molecule has 0 aliphatic carbocycles. The van der Waals surface area contributed by atoms with E-state index in [2.05, 4.69) is 98.9 Å². The van der Waals surface area contributed by atoms with Crippen molar-refractivity contribution in [2.24, 2.45) is 0 Å². The highest BCUT2D eigenvalue weighted by Gasteiger charge is 2.22. The Bertz CT molecular complexity index is 1730. The molecule has 0 aromatic rings. The van der Waals surface area contributed by atoms with Gasteiger partial charge in [-0.3, -0.25) is 14.2 Å². The van der Waals surface area contributed by atoms with Crippen molar-refractivity contribution in [3.8, 4) is 0 Å². The van der Waals surface area contributed by atoms with Gasteiger partial charge in [0, 0.05) is 12.8 Å². The van der Waals surface area contributed by atoms with Crippen LogP contribution in [0.1, 0.15) is 335 Å². The highest BCUT2D eigenvalue weighted by Crippen LogP contribution is 2.38. The normalized spacial score (nSPS) is 13.6. The minimum Gasteiger partial charge on any atom is -0.756 e. The molecular formula is C76H138NO8P. The number of quaternary nitrogens is 1. The van der Waals surface area contributed by atoms with Crippen molar-refractivity contribution in [1.29, 1.82) is 0 Å². The minimum absolute atomic E-state index is 0.0322. The summed E-state index contributed by atoms with van der Waals surface area (Å²) >= 11 is 0. The molecule has 0 aromatic heterocycles. The van der Waals surface area contributed by atoms with Gasteiger partial charge in [-0.2, -0.15) is 0 Å². The predicted octanol–water partition coefficient (Wildman–Crippen LogP) is 23.1. The summed E-state index contributed by atoms with van der Waals surface area (Å²) in [6.45, 7) is 4.15. The largest absolute Gasteiger partial charge is 0.756 e. The average molecular weight is 1220 g/mol. The second-order valence-electron chi connectivity index (χ2n) is 25.6. The lowest BCUT2D eigenvalue weighted by Gasteiger charge is -2.28. The fourth-order valence-electron chi connectivity index (χ4n) is 10.4. The van der Waals surface area contributed by atoms with E-state index < -0.39 is 26.5 Å². The standard InChI is InChI=1S/C76H138NO8P/c1-6-8-10-12-14-16-18-20-22-24-26-28-30-32-33-34-35-36-37-38-39-40-41-42-43-45-46-48-50-52-54-56-58-60-62-64-66-68-75(78)82-72-74(73-84-86(80,81)83-71-70-77(3,4)5)85-76(79)69-67-65-63-61-59-57-55-53-51-49-47-44-31-29-27-25-23-21-19-17-15-13-11-9-7-2/h9,11,15,17-18,20-21,23-24,26-27,29-30,32,74H,6-8,10,12-14,16,19,22,25,28,31,33-73H2,1-5H3/b11-9-,17-15-,20-18-,23-21-,26-24-,29-27-,32-30-. The summed E-state index contributed by atoms with van der Waals surface area (Å²) in [5, 5.41) is 0. The lowest BCUT2D eigenvalue weighted by atomic mass is 10.0. The molecule has 2 unspecified atom stereocenters. The van der Waals surface area contributed by atoms with E-state index in [1.165, 1.54) is 225 Å². The van der Waals surface area contributed by atoms with Crippen LogP contribution in [0.2, 0.25) is 0 Å². The van der Waals surface area contributed by atoms with Crippen LogP contribution in [0, 0.1) is 0 Å². The number of hydrogen-bond donors (Lipinski definition) is 0. The molecule has 0 bridgehead atoms. The van der Waals surface area contributed by atoms with Crippen molar-refractivity contribution >= 4 is 19.8 Å². The monoisotopic (exact) mass is 1220 g/mol. The molecule has 0 N–H and O–H groups in total. The van der Waals surface area contributed by atoms with Crippen LogP contribution in [0.3, 0.4) is 0 Å². The van der Waals surface area contributed by atoms with Crippen molar-refractivity contribution in [2.45, 2.75) is 341 Å². The molecule has 0 aliphatic rings. The van der Waals surface area contributed by atoms with Crippen LogP contribution in [0.5, 0.6) is 0 Å². The summed E-state index contributed by atoms with van der Waals surface area (Å²) in [5.74, 6) is -0.824. The molecule has 0 saturated heterocycles. The number of allylic oxidation sites excluding steroid dienone is 14. The number of ether oxygens (including phenoxy) is 2. The SMILES string of the molecule is CC/C=C\C/C=C\C/C=C\C/C=C\CCCCCCCCCCCCCCC(=O)OC(COC(=O)CCCCCCCCCCCCCCCCCCCCCCCC/C=C\C/C=C\C/C=C\CCCCCCC)COP(=O)([O-])OCC[N+](C)(C)C. The van der Waals surface area contributed by atoms with Gasteiger partial charge >= 0.3 is 11.9 Å². The third-order valence-electron chi connectivity index (χ3n) is 15.9. The van der Waals surface area contributed by atoms with E-state index in [-0.39, 0.29) is 32.0 Å². The third kappa shape index (κ3) is 70.3. The Kier molecular flexibility index (Phi) is 64.4. The van der Waals surface area contributed by atoms with Crippen LogP contribution in [0.15, 0.2) is 85.1 Å². The first-order chi connectivity index (χ1) is 42.0. The number of carbonyl (C=O) groups is 2. The van der Waals surface area contributed by atoms with Crippen molar-refractivity contribution in [2.75, 3.05) is 47.5 Å². The topological polar surface area (TPSA) is 111 Å². The maximum Gasteiger partial charge on any atom is 0.306 e. The molecule has 2 atom stereocenters. The molecule has 86 heavy (non-hydrogen) atoms. The van der Waals surface area contributed by atoms with Crippen LogP contribution in [0.25, 0.3) is 0 Å². The maximum atomic E-state index is 12.9. The predicted molar refractivity (Wildman–Crippen MR) is 369 cm³/mol. The molecule has 0 amide bonds. The third-order valence-corrected chi connectivity index (χ3v) is 16.9. The quantitative estimate of drug-likeness (QED) is 0.0195. The number of carbonyl (C=O) groups excluding carboxylic acids is 2. The van der Waals surface area contributed by atoms with E-state index in [4.69, 9.17) is 18.5 Å². The Labute approximate surface area is 532 Å². The summed E-state index contributed by atoms with van der Waals surface area (Å²) in [7, 11) is 1.17. The van der Waals surface area contributed by atoms with Crippen molar-refractivity contribution in [1.82, 2.24) is 0 Å². The van der Waals surface area contributed by atoms with E-state index in [9.17, 15) is 19.0 Å². The van der Waals surface area contributed by atoms with Crippen molar-refractivity contribution in [3.05, 3.63) is 85.1 Å². The number of likely N-dealkylation sites (N-methyl/N-ethyl adjacent to an activating group) is 1. The number of nitrogens with zero attached hydrogens (tertiary/aromatic N) is 1. The fourth-order valence-corrected chi connectivity index (χ4v) is 11.1. The van der Waals surface area contributed by atoms with Gasteiger partial charge in [-0.15, -0.1) is 0 Å². The average Bonchev–Trinajstić information content (AvgIpc) is 3.70. The van der Waals surface area contributed by atoms with Crippen LogP contribution >= 0.6 is 7.82 Å². The second kappa shape index (κ2) is 66.6. The van der Waals surface area contributed by atoms with E-state index in [0.29, 0.717) is 17.4 Å². The van der Waals surface area contributed by atoms with Crippen LogP contribution in [-0.2, 0) is 32.7 Å². The molecule has 500 valence electrons. The Hall–Kier alpha value is -2.81. The van der Waals surface area contributed by atoms with Gasteiger partial charge in [-0.05, 0) is 89.9 Å². The molecule has 9 nitrogen and oxygen atoms in total. The zero-order valence-corrected chi connectivity index (χ0v) is 57.9. The van der Waals surface area contributed by atoms with Crippen molar-refractivity contribution < 1.29 is 42.1 Å². The van der Waals surface area contributed by atoms with Crippen LogP contribution in [-0.4, -0.2) is 70.0 Å². The minimum atomic E-state index is -4.64. The summed E-state index contributed by atoms with van der Waals surface area (Å²) in [5.41, 5.74) is 0. The summed E-state index contributed by atoms with van der Waals surface area (Å²) in [6.07, 6.45) is 91.1. The number of unbranched alkanes of at least 4 members (excludes halogenated alkanes) is 39. The van der Waals surface area contributed by atoms with E-state index in [1.54, 1.807) is 0 Å². The van der Waals surface area contributed by atoms with Gasteiger partial charge in [0.15, 0.2) is 6.10 Å². The zero-order chi connectivity index (χ0) is 62.6. The van der Waals surface area contributed by atoms with Gasteiger partial charge in [-0.1, -0.05) is 317 Å². The summed E-state index contributed by atoms with van der Waals surface area (Å²) in [6, 6.07) is 0. The summed E-state index contributed by atoms with van der Waals surface area (Å²) in [4.78, 5) is 38.1. The van der Waals surface area contributed by atoms with E-state index in [1.807, 2.05) is 21.1 Å². The van der Waals surface area contributed by atoms with Crippen LogP contribution in [0.4, 0.5) is 0 Å². The Balaban J connectivity index is 3.97. The molecule has 0 radical (unpaired) electrons. The number of rotatable bonds is 67. The number of hydrogen-bond acceptors (Lipinski definition) is 8.